The summed E-state index contributed by atoms with van der Waals surface area (Å²) in [6.45, 7) is 7.04. The smallest absolute Gasteiger partial charge is 0.123 e. The lowest BCUT2D eigenvalue weighted by Gasteiger charge is -2.25. The molecule has 0 aliphatic rings. The lowest BCUT2D eigenvalue weighted by Crippen LogP contribution is -2.34. The zero-order valence-electron chi connectivity index (χ0n) is 13.2. The maximum Gasteiger partial charge on any atom is 0.123 e. The number of benzene rings is 1. The van der Waals surface area contributed by atoms with Crippen molar-refractivity contribution in [3.05, 3.63) is 29.8 Å². The van der Waals surface area contributed by atoms with E-state index in [1.807, 2.05) is 18.2 Å². The molecule has 0 amide bonds. The molecule has 3 heteroatoms. The molecule has 0 aliphatic carbocycles. The zero-order valence-corrected chi connectivity index (χ0v) is 13.2. The van der Waals surface area contributed by atoms with Crippen molar-refractivity contribution in [2.75, 3.05) is 13.7 Å². The summed E-state index contributed by atoms with van der Waals surface area (Å²) in [4.78, 5) is 0. The Hall–Kier alpha value is -1.06. The largest absolute Gasteiger partial charge is 0.496 e. The molecule has 0 aromatic heterocycles. The Bertz CT molecular complexity index is 377. The van der Waals surface area contributed by atoms with Crippen molar-refractivity contribution in [1.82, 2.24) is 5.32 Å². The number of nitrogens with one attached hydrogen (secondary N) is 1. The minimum atomic E-state index is -0.284. The number of ether oxygens (including phenoxy) is 1. The Morgan fingerprint density at radius 1 is 1.10 bits per heavy atom. The molecule has 0 radical (unpaired) electrons. The molecule has 0 saturated heterocycles. The van der Waals surface area contributed by atoms with Crippen LogP contribution in [-0.2, 0) is 0 Å². The molecule has 0 saturated carbocycles. The molecule has 0 heterocycles. The molecule has 2 atom stereocenters. The third kappa shape index (κ3) is 4.50. The van der Waals surface area contributed by atoms with Crippen molar-refractivity contribution >= 4 is 0 Å². The van der Waals surface area contributed by atoms with Crippen LogP contribution >= 0.6 is 0 Å². The molecular weight excluding hydrogens is 250 g/mol. The number of hydrogen-bond acceptors (Lipinski definition) is 3. The summed E-state index contributed by atoms with van der Waals surface area (Å²) in [5.41, 5.74) is 1.16. The number of methoxy groups -OCH3 is 1. The van der Waals surface area contributed by atoms with Crippen molar-refractivity contribution in [1.29, 1.82) is 0 Å². The van der Waals surface area contributed by atoms with Crippen LogP contribution in [0.15, 0.2) is 24.3 Å². The van der Waals surface area contributed by atoms with Crippen LogP contribution in [0.3, 0.4) is 0 Å². The van der Waals surface area contributed by atoms with Crippen LogP contribution in [0.1, 0.15) is 51.6 Å². The monoisotopic (exact) mass is 279 g/mol. The first-order valence-electron chi connectivity index (χ1n) is 7.72. The van der Waals surface area contributed by atoms with Gasteiger partial charge in [-0.15, -0.1) is 0 Å². The minimum Gasteiger partial charge on any atom is -0.496 e. The van der Waals surface area contributed by atoms with E-state index in [0.717, 1.165) is 30.6 Å². The lowest BCUT2D eigenvalue weighted by atomic mass is 9.95. The average Bonchev–Trinajstić information content (AvgIpc) is 2.49. The molecule has 1 rings (SSSR count). The molecule has 20 heavy (non-hydrogen) atoms. The summed E-state index contributed by atoms with van der Waals surface area (Å²) in [6.07, 6.45) is 2.72. The highest BCUT2D eigenvalue weighted by Gasteiger charge is 2.19. The molecule has 2 N–H and O–H groups in total. The summed E-state index contributed by atoms with van der Waals surface area (Å²) in [6, 6.07) is 8.30. The SMILES string of the molecule is CCC(NCC(O)C(CC)CC)c1ccccc1OC. The van der Waals surface area contributed by atoms with E-state index in [1.165, 1.54) is 0 Å². The van der Waals surface area contributed by atoms with Crippen molar-refractivity contribution in [3.8, 4) is 5.75 Å². The van der Waals surface area contributed by atoms with Crippen molar-refractivity contribution in [2.24, 2.45) is 5.92 Å². The van der Waals surface area contributed by atoms with Gasteiger partial charge in [-0.05, 0) is 18.4 Å². The Kier molecular flexibility index (Phi) is 7.63. The van der Waals surface area contributed by atoms with Crippen LogP contribution in [0.25, 0.3) is 0 Å². The predicted molar refractivity (Wildman–Crippen MR) is 84.1 cm³/mol. The van der Waals surface area contributed by atoms with Crippen LogP contribution in [0.4, 0.5) is 0 Å². The van der Waals surface area contributed by atoms with Crippen molar-refractivity contribution in [3.63, 3.8) is 0 Å². The van der Waals surface area contributed by atoms with Gasteiger partial charge in [0, 0.05) is 18.2 Å². The second kappa shape index (κ2) is 8.98. The van der Waals surface area contributed by atoms with E-state index in [1.54, 1.807) is 7.11 Å². The molecule has 1 aromatic carbocycles. The third-order valence-electron chi connectivity index (χ3n) is 4.09. The molecule has 0 bridgehead atoms. The fourth-order valence-electron chi connectivity index (χ4n) is 2.69. The average molecular weight is 279 g/mol. The number of aliphatic hydroxyl groups is 1. The Morgan fingerprint density at radius 2 is 1.75 bits per heavy atom. The zero-order chi connectivity index (χ0) is 15.0. The van der Waals surface area contributed by atoms with Gasteiger partial charge in [0.2, 0.25) is 0 Å². The van der Waals surface area contributed by atoms with Gasteiger partial charge in [-0.2, -0.15) is 0 Å². The van der Waals surface area contributed by atoms with Gasteiger partial charge in [-0.3, -0.25) is 0 Å². The summed E-state index contributed by atoms with van der Waals surface area (Å²) >= 11 is 0. The third-order valence-corrected chi connectivity index (χ3v) is 4.09. The Labute approximate surface area is 123 Å². The van der Waals surface area contributed by atoms with Crippen LogP contribution in [0.5, 0.6) is 5.75 Å². The molecule has 0 fully saturated rings. The van der Waals surface area contributed by atoms with E-state index in [0.29, 0.717) is 12.5 Å². The standard InChI is InChI=1S/C17H29NO2/c1-5-13(6-2)16(19)12-18-15(7-3)14-10-8-9-11-17(14)20-4/h8-11,13,15-16,18-19H,5-7,12H2,1-4H3. The van der Waals surface area contributed by atoms with Gasteiger partial charge >= 0.3 is 0 Å². The van der Waals surface area contributed by atoms with Gasteiger partial charge < -0.3 is 15.2 Å². The maximum atomic E-state index is 10.2. The molecule has 114 valence electrons. The van der Waals surface area contributed by atoms with Gasteiger partial charge in [0.25, 0.3) is 0 Å². The predicted octanol–water partition coefficient (Wildman–Crippen LogP) is 3.53. The summed E-state index contributed by atoms with van der Waals surface area (Å²) in [7, 11) is 1.70. The summed E-state index contributed by atoms with van der Waals surface area (Å²) < 4.78 is 5.42. The second-order valence-corrected chi connectivity index (χ2v) is 5.25. The van der Waals surface area contributed by atoms with Crippen molar-refractivity contribution < 1.29 is 9.84 Å². The highest BCUT2D eigenvalue weighted by atomic mass is 16.5. The van der Waals surface area contributed by atoms with Gasteiger partial charge in [0.1, 0.15) is 5.75 Å². The van der Waals surface area contributed by atoms with E-state index < -0.39 is 0 Å². The second-order valence-electron chi connectivity index (χ2n) is 5.25. The van der Waals surface area contributed by atoms with Gasteiger partial charge in [0.05, 0.1) is 13.2 Å². The molecule has 3 nitrogen and oxygen atoms in total. The number of hydrogen-bond donors (Lipinski definition) is 2. The van der Waals surface area contributed by atoms with Crippen LogP contribution in [0.2, 0.25) is 0 Å². The fourth-order valence-corrected chi connectivity index (χ4v) is 2.69. The number of para-hydroxylation sites is 1. The highest BCUT2D eigenvalue weighted by molar-refractivity contribution is 5.35. The fraction of sp³-hybridized carbons (Fsp3) is 0.647. The topological polar surface area (TPSA) is 41.5 Å². The van der Waals surface area contributed by atoms with Gasteiger partial charge in [-0.25, -0.2) is 0 Å². The van der Waals surface area contributed by atoms with E-state index >= 15 is 0 Å². The van der Waals surface area contributed by atoms with Crippen LogP contribution < -0.4 is 10.1 Å². The quantitative estimate of drug-likeness (QED) is 0.726. The highest BCUT2D eigenvalue weighted by Crippen LogP contribution is 2.27. The Balaban J connectivity index is 2.68. The molecule has 2 unspecified atom stereocenters. The first-order valence-corrected chi connectivity index (χ1v) is 7.72. The first kappa shape index (κ1) is 17.0. The van der Waals surface area contributed by atoms with E-state index in [9.17, 15) is 5.11 Å². The maximum absolute atomic E-state index is 10.2. The van der Waals surface area contributed by atoms with Gasteiger partial charge in [-0.1, -0.05) is 51.8 Å². The minimum absolute atomic E-state index is 0.218. The van der Waals surface area contributed by atoms with Gasteiger partial charge in [0.15, 0.2) is 0 Å². The summed E-state index contributed by atoms with van der Waals surface area (Å²) in [5, 5.41) is 13.7. The summed E-state index contributed by atoms with van der Waals surface area (Å²) in [5.74, 6) is 1.28. The Morgan fingerprint density at radius 3 is 2.30 bits per heavy atom. The molecule has 0 spiro atoms. The molecule has 0 aliphatic heterocycles. The molecule has 1 aromatic rings. The number of aliphatic hydroxyl groups excluding tert-OH is 1. The van der Waals surface area contributed by atoms with E-state index in [2.05, 4.69) is 32.2 Å². The lowest BCUT2D eigenvalue weighted by molar-refractivity contribution is 0.0979. The number of rotatable bonds is 9. The van der Waals surface area contributed by atoms with E-state index in [-0.39, 0.29) is 12.1 Å². The van der Waals surface area contributed by atoms with E-state index in [4.69, 9.17) is 4.74 Å². The molecular formula is C17H29NO2. The first-order chi connectivity index (χ1) is 9.67. The van der Waals surface area contributed by atoms with Crippen molar-refractivity contribution in [2.45, 2.75) is 52.2 Å². The van der Waals surface area contributed by atoms with Crippen LogP contribution in [0, 0.1) is 5.92 Å². The normalized spacial score (nSPS) is 14.3. The van der Waals surface area contributed by atoms with Crippen LogP contribution in [-0.4, -0.2) is 24.9 Å².